The van der Waals surface area contributed by atoms with Crippen LogP contribution in [0.5, 0.6) is 11.5 Å². The lowest BCUT2D eigenvalue weighted by atomic mass is 10.1. The first-order chi connectivity index (χ1) is 9.67. The lowest BCUT2D eigenvalue weighted by Crippen LogP contribution is -1.94. The van der Waals surface area contributed by atoms with Gasteiger partial charge < -0.3 is 4.74 Å². The number of nitriles is 3. The summed E-state index contributed by atoms with van der Waals surface area (Å²) in [5, 5.41) is 27.1. The van der Waals surface area contributed by atoms with Gasteiger partial charge in [-0.2, -0.15) is 15.8 Å². The molecule has 2 rings (SSSR count). The number of rotatable bonds is 2. The minimum atomic E-state index is 0.168. The number of benzene rings is 2. The normalized spacial score (nSPS) is 9.10. The van der Waals surface area contributed by atoms with Gasteiger partial charge in [0.15, 0.2) is 5.75 Å². The predicted octanol–water partition coefficient (Wildman–Crippen LogP) is 3.40. The van der Waals surface area contributed by atoms with Crippen LogP contribution in [0.3, 0.4) is 0 Å². The molecule has 94 valence electrons. The summed E-state index contributed by atoms with van der Waals surface area (Å²) in [6.45, 7) is 1.95. The minimum absolute atomic E-state index is 0.168. The molecule has 0 radical (unpaired) electrons. The molecule has 0 saturated carbocycles. The third-order valence-electron chi connectivity index (χ3n) is 2.70. The van der Waals surface area contributed by atoms with Crippen molar-refractivity contribution in [3.8, 4) is 29.7 Å². The molecular formula is C16H9N3O. The Labute approximate surface area is 116 Å². The highest BCUT2D eigenvalue weighted by Crippen LogP contribution is 2.30. The Hall–Kier alpha value is -3.29. The highest BCUT2D eigenvalue weighted by atomic mass is 16.5. The highest BCUT2D eigenvalue weighted by molar-refractivity contribution is 5.59. The van der Waals surface area contributed by atoms with Gasteiger partial charge in [-0.1, -0.05) is 17.7 Å². The zero-order valence-corrected chi connectivity index (χ0v) is 10.7. The zero-order chi connectivity index (χ0) is 14.5. The third kappa shape index (κ3) is 2.58. The second kappa shape index (κ2) is 5.57. The fraction of sp³-hybridized carbons (Fsp3) is 0.0625. The van der Waals surface area contributed by atoms with Crippen LogP contribution in [0.2, 0.25) is 0 Å². The lowest BCUT2D eigenvalue weighted by molar-refractivity contribution is 0.479. The van der Waals surface area contributed by atoms with Crippen LogP contribution in [0.4, 0.5) is 0 Å². The second-order valence-electron chi connectivity index (χ2n) is 4.15. The Balaban J connectivity index is 2.51. The average Bonchev–Trinajstić information content (AvgIpc) is 2.49. The minimum Gasteiger partial charge on any atom is -0.455 e. The standard InChI is InChI=1S/C16H9N3O/c1-11-2-4-15(5-3-11)20-16-13(9-18)6-12(8-17)7-14(16)10-19/h2-7H,1H3. The van der Waals surface area contributed by atoms with Gasteiger partial charge in [-0.05, 0) is 31.2 Å². The summed E-state index contributed by atoms with van der Waals surface area (Å²) in [6.07, 6.45) is 0. The van der Waals surface area contributed by atoms with Crippen molar-refractivity contribution in [2.75, 3.05) is 0 Å². The Morgan fingerprint density at radius 2 is 1.40 bits per heavy atom. The molecule has 20 heavy (non-hydrogen) atoms. The van der Waals surface area contributed by atoms with E-state index in [4.69, 9.17) is 20.5 Å². The maximum Gasteiger partial charge on any atom is 0.163 e. The topological polar surface area (TPSA) is 80.6 Å². The van der Waals surface area contributed by atoms with Gasteiger partial charge in [0.25, 0.3) is 0 Å². The van der Waals surface area contributed by atoms with E-state index in [0.29, 0.717) is 5.75 Å². The molecule has 0 heterocycles. The van der Waals surface area contributed by atoms with Gasteiger partial charge in [0, 0.05) is 0 Å². The first-order valence-electron chi connectivity index (χ1n) is 5.81. The van der Waals surface area contributed by atoms with Gasteiger partial charge in [0.1, 0.15) is 17.9 Å². The maximum atomic E-state index is 9.13. The van der Waals surface area contributed by atoms with Crippen molar-refractivity contribution in [1.29, 1.82) is 15.8 Å². The summed E-state index contributed by atoms with van der Waals surface area (Å²) in [6, 6.07) is 15.9. The van der Waals surface area contributed by atoms with Crippen LogP contribution < -0.4 is 4.74 Å². The Morgan fingerprint density at radius 1 is 0.850 bits per heavy atom. The number of hydrogen-bond donors (Lipinski definition) is 0. The van der Waals surface area contributed by atoms with Crippen LogP contribution >= 0.6 is 0 Å². The van der Waals surface area contributed by atoms with Gasteiger partial charge in [-0.15, -0.1) is 0 Å². The summed E-state index contributed by atoms with van der Waals surface area (Å²) < 4.78 is 5.62. The summed E-state index contributed by atoms with van der Waals surface area (Å²) in [7, 11) is 0. The van der Waals surface area contributed by atoms with E-state index >= 15 is 0 Å². The number of ether oxygens (including phenoxy) is 1. The van der Waals surface area contributed by atoms with Crippen molar-refractivity contribution < 1.29 is 4.74 Å². The molecule has 0 N–H and O–H groups in total. The van der Waals surface area contributed by atoms with Gasteiger partial charge in [0.05, 0.1) is 22.8 Å². The molecule has 2 aromatic rings. The molecule has 0 saturated heterocycles. The second-order valence-corrected chi connectivity index (χ2v) is 4.15. The fourth-order valence-corrected chi connectivity index (χ4v) is 1.69. The molecule has 0 unspecified atom stereocenters. The number of nitrogens with zero attached hydrogens (tertiary/aromatic N) is 3. The van der Waals surface area contributed by atoms with Crippen molar-refractivity contribution in [2.24, 2.45) is 0 Å². The molecular weight excluding hydrogens is 250 g/mol. The van der Waals surface area contributed by atoms with Crippen molar-refractivity contribution >= 4 is 0 Å². The van der Waals surface area contributed by atoms with Gasteiger partial charge >= 0.3 is 0 Å². The van der Waals surface area contributed by atoms with Crippen molar-refractivity contribution in [1.82, 2.24) is 0 Å². The van der Waals surface area contributed by atoms with Gasteiger partial charge in [0.2, 0.25) is 0 Å². The van der Waals surface area contributed by atoms with Crippen molar-refractivity contribution in [2.45, 2.75) is 6.92 Å². The fourth-order valence-electron chi connectivity index (χ4n) is 1.69. The summed E-state index contributed by atoms with van der Waals surface area (Å²) in [5.74, 6) is 0.714. The Kier molecular flexibility index (Phi) is 3.66. The van der Waals surface area contributed by atoms with E-state index in [0.717, 1.165) is 5.56 Å². The molecule has 0 amide bonds. The SMILES string of the molecule is Cc1ccc(Oc2c(C#N)cc(C#N)cc2C#N)cc1. The molecule has 0 aliphatic carbocycles. The summed E-state index contributed by atoms with van der Waals surface area (Å²) in [4.78, 5) is 0. The van der Waals surface area contributed by atoms with E-state index in [2.05, 4.69) is 0 Å². The molecule has 0 aromatic heterocycles. The van der Waals surface area contributed by atoms with E-state index in [9.17, 15) is 0 Å². The number of hydrogen-bond acceptors (Lipinski definition) is 4. The monoisotopic (exact) mass is 259 g/mol. The molecule has 4 nitrogen and oxygen atoms in total. The maximum absolute atomic E-state index is 9.13. The first-order valence-corrected chi connectivity index (χ1v) is 5.81. The van der Waals surface area contributed by atoms with E-state index in [-0.39, 0.29) is 22.4 Å². The Bertz CT molecular complexity index is 736. The smallest absolute Gasteiger partial charge is 0.163 e. The molecule has 2 aromatic carbocycles. The summed E-state index contributed by atoms with van der Waals surface area (Å²) >= 11 is 0. The van der Waals surface area contributed by atoms with Gasteiger partial charge in [-0.3, -0.25) is 0 Å². The highest BCUT2D eigenvalue weighted by Gasteiger charge is 2.13. The first kappa shape index (κ1) is 13.1. The quantitative estimate of drug-likeness (QED) is 0.827. The van der Waals surface area contributed by atoms with E-state index < -0.39 is 0 Å². The van der Waals surface area contributed by atoms with Crippen LogP contribution in [0, 0.1) is 40.9 Å². The molecule has 0 aliphatic rings. The van der Waals surface area contributed by atoms with Crippen molar-refractivity contribution in [3.05, 3.63) is 58.7 Å². The van der Waals surface area contributed by atoms with Crippen LogP contribution in [0.25, 0.3) is 0 Å². The van der Waals surface area contributed by atoms with Crippen LogP contribution in [-0.4, -0.2) is 0 Å². The van der Waals surface area contributed by atoms with E-state index in [1.807, 2.05) is 37.3 Å². The molecule has 0 fully saturated rings. The summed E-state index contributed by atoms with van der Waals surface area (Å²) in [5.41, 5.74) is 1.68. The largest absolute Gasteiger partial charge is 0.455 e. The van der Waals surface area contributed by atoms with E-state index in [1.165, 1.54) is 12.1 Å². The van der Waals surface area contributed by atoms with Crippen LogP contribution in [0.15, 0.2) is 36.4 Å². The van der Waals surface area contributed by atoms with Crippen molar-refractivity contribution in [3.63, 3.8) is 0 Å². The molecule has 0 atom stereocenters. The molecule has 0 bridgehead atoms. The molecule has 0 spiro atoms. The zero-order valence-electron chi connectivity index (χ0n) is 10.7. The lowest BCUT2D eigenvalue weighted by Gasteiger charge is -2.09. The third-order valence-corrected chi connectivity index (χ3v) is 2.70. The predicted molar refractivity (Wildman–Crippen MR) is 71.8 cm³/mol. The molecule has 4 heteroatoms. The van der Waals surface area contributed by atoms with Crippen LogP contribution in [-0.2, 0) is 0 Å². The number of aryl methyl sites for hydroxylation is 1. The average molecular weight is 259 g/mol. The molecule has 0 aliphatic heterocycles. The van der Waals surface area contributed by atoms with Crippen LogP contribution in [0.1, 0.15) is 22.3 Å². The van der Waals surface area contributed by atoms with E-state index in [1.54, 1.807) is 12.1 Å². The van der Waals surface area contributed by atoms with Gasteiger partial charge in [-0.25, -0.2) is 0 Å². The Morgan fingerprint density at radius 3 is 1.85 bits per heavy atom.